The van der Waals surface area contributed by atoms with Crippen molar-refractivity contribution in [3.63, 3.8) is 0 Å². The van der Waals surface area contributed by atoms with E-state index in [1.165, 1.54) is 0 Å². The van der Waals surface area contributed by atoms with Crippen molar-refractivity contribution in [1.29, 1.82) is 0 Å². The maximum absolute atomic E-state index is 13.0. The van der Waals surface area contributed by atoms with Crippen LogP contribution in [0.15, 0.2) is 93.0 Å². The number of nitrogens with one attached hydrogen (secondary N) is 2. The van der Waals surface area contributed by atoms with Crippen molar-refractivity contribution in [1.82, 2.24) is 9.97 Å². The number of sulfonamides is 1. The molecular weight excluding hydrogens is 502 g/mol. The van der Waals surface area contributed by atoms with Gasteiger partial charge in [-0.1, -0.05) is 57.9 Å². The van der Waals surface area contributed by atoms with Crippen LogP contribution in [0.3, 0.4) is 0 Å². The Kier molecular flexibility index (Phi) is 5.26. The van der Waals surface area contributed by atoms with Crippen LogP contribution in [0.2, 0.25) is 0 Å². The van der Waals surface area contributed by atoms with Gasteiger partial charge in [-0.15, -0.1) is 0 Å². The first-order valence-corrected chi connectivity index (χ1v) is 12.4. The summed E-state index contributed by atoms with van der Waals surface area (Å²) in [7, 11) is -3.86. The van der Waals surface area contributed by atoms with Gasteiger partial charge in [0.2, 0.25) is 0 Å². The molecule has 0 aliphatic rings. The summed E-state index contributed by atoms with van der Waals surface area (Å²) < 4.78 is 29.3. The molecular formula is C25H18BrN3O3S. The standard InChI is InChI=1S/C25H18BrN3O3S/c1-15-6-9-19(10-7-15)33(31,32)29-21-11-8-18(26)14-20(21)24-25(30)28-23-13-17-5-3-2-4-16(17)12-22(23)27-24/h2-14,29H,1H3,(H,28,30). The Hall–Kier alpha value is -3.49. The lowest BCUT2D eigenvalue weighted by Crippen LogP contribution is -2.16. The highest BCUT2D eigenvalue weighted by Gasteiger charge is 2.19. The van der Waals surface area contributed by atoms with Crippen LogP contribution >= 0.6 is 15.9 Å². The normalized spacial score (nSPS) is 11.7. The van der Waals surface area contributed by atoms with E-state index in [1.54, 1.807) is 42.5 Å². The minimum atomic E-state index is -3.86. The van der Waals surface area contributed by atoms with Crippen LogP contribution in [-0.4, -0.2) is 18.4 Å². The molecule has 4 aromatic carbocycles. The Morgan fingerprint density at radius 3 is 2.33 bits per heavy atom. The first kappa shape index (κ1) is 21.4. The number of hydrogen-bond acceptors (Lipinski definition) is 4. The fraction of sp³-hybridized carbons (Fsp3) is 0.0400. The van der Waals surface area contributed by atoms with Gasteiger partial charge in [-0.25, -0.2) is 13.4 Å². The van der Waals surface area contributed by atoms with Crippen LogP contribution in [0, 0.1) is 6.92 Å². The monoisotopic (exact) mass is 519 g/mol. The number of benzene rings is 4. The van der Waals surface area contributed by atoms with Crippen molar-refractivity contribution in [2.24, 2.45) is 0 Å². The number of fused-ring (bicyclic) bond motifs is 2. The molecule has 0 atom stereocenters. The van der Waals surface area contributed by atoms with Gasteiger partial charge in [0, 0.05) is 10.0 Å². The van der Waals surface area contributed by atoms with Gasteiger partial charge in [0.05, 0.1) is 21.6 Å². The molecule has 0 fully saturated rings. The van der Waals surface area contributed by atoms with Crippen LogP contribution in [0.1, 0.15) is 5.56 Å². The van der Waals surface area contributed by atoms with Gasteiger partial charge in [0.25, 0.3) is 15.6 Å². The molecule has 0 spiro atoms. The van der Waals surface area contributed by atoms with Gasteiger partial charge in [-0.2, -0.15) is 0 Å². The maximum atomic E-state index is 13.0. The van der Waals surface area contributed by atoms with Gasteiger partial charge in [-0.05, 0) is 60.2 Å². The number of aromatic amines is 1. The molecule has 1 aromatic heterocycles. The van der Waals surface area contributed by atoms with Crippen molar-refractivity contribution in [3.8, 4) is 11.3 Å². The zero-order chi connectivity index (χ0) is 23.2. The average molecular weight is 520 g/mol. The van der Waals surface area contributed by atoms with E-state index in [2.05, 4.69) is 30.6 Å². The molecule has 8 heteroatoms. The summed E-state index contributed by atoms with van der Waals surface area (Å²) in [5.41, 5.74) is 2.52. The Labute approximate surface area is 198 Å². The molecule has 0 radical (unpaired) electrons. The van der Waals surface area contributed by atoms with Crippen LogP contribution in [-0.2, 0) is 10.0 Å². The summed E-state index contributed by atoms with van der Waals surface area (Å²) >= 11 is 3.42. The molecule has 6 nitrogen and oxygen atoms in total. The van der Waals surface area contributed by atoms with Gasteiger partial charge in [0.15, 0.2) is 0 Å². The molecule has 0 unspecified atom stereocenters. The van der Waals surface area contributed by atoms with Gasteiger partial charge < -0.3 is 4.98 Å². The fourth-order valence-corrected chi connectivity index (χ4v) is 5.12. The molecule has 0 aliphatic heterocycles. The van der Waals surface area contributed by atoms with E-state index in [0.29, 0.717) is 21.1 Å². The number of anilines is 1. The first-order valence-electron chi connectivity index (χ1n) is 10.1. The van der Waals surface area contributed by atoms with E-state index in [1.807, 2.05) is 43.3 Å². The Morgan fingerprint density at radius 2 is 1.61 bits per heavy atom. The third kappa shape index (κ3) is 4.15. The predicted molar refractivity (Wildman–Crippen MR) is 135 cm³/mol. The zero-order valence-electron chi connectivity index (χ0n) is 17.5. The fourth-order valence-electron chi connectivity index (χ4n) is 3.68. The molecule has 1 heterocycles. The summed E-state index contributed by atoms with van der Waals surface area (Å²) in [4.78, 5) is 20.6. The topological polar surface area (TPSA) is 91.9 Å². The highest BCUT2D eigenvalue weighted by Crippen LogP contribution is 2.31. The number of H-pyrrole nitrogens is 1. The zero-order valence-corrected chi connectivity index (χ0v) is 19.9. The van der Waals surface area contributed by atoms with E-state index < -0.39 is 15.6 Å². The minimum Gasteiger partial charge on any atom is -0.319 e. The second-order valence-electron chi connectivity index (χ2n) is 7.74. The summed E-state index contributed by atoms with van der Waals surface area (Å²) in [6.45, 7) is 1.89. The second-order valence-corrected chi connectivity index (χ2v) is 10.3. The van der Waals surface area contributed by atoms with E-state index in [-0.39, 0.29) is 16.3 Å². The van der Waals surface area contributed by atoms with E-state index in [0.717, 1.165) is 16.3 Å². The van der Waals surface area contributed by atoms with Crippen LogP contribution in [0.25, 0.3) is 33.1 Å². The number of rotatable bonds is 4. The van der Waals surface area contributed by atoms with Crippen LogP contribution in [0.4, 0.5) is 5.69 Å². The third-order valence-electron chi connectivity index (χ3n) is 5.37. The summed E-state index contributed by atoms with van der Waals surface area (Å²) in [5, 5.41) is 1.98. The Bertz CT molecular complexity index is 1690. The highest BCUT2D eigenvalue weighted by atomic mass is 79.9. The molecule has 0 bridgehead atoms. The highest BCUT2D eigenvalue weighted by molar-refractivity contribution is 9.10. The van der Waals surface area contributed by atoms with Gasteiger partial charge >= 0.3 is 0 Å². The number of hydrogen-bond donors (Lipinski definition) is 2. The number of nitrogens with zero attached hydrogens (tertiary/aromatic N) is 1. The molecule has 0 amide bonds. The smallest absolute Gasteiger partial charge is 0.275 e. The second kappa shape index (κ2) is 8.13. The Balaban J connectivity index is 1.66. The summed E-state index contributed by atoms with van der Waals surface area (Å²) in [6, 6.07) is 23.1. The third-order valence-corrected chi connectivity index (χ3v) is 7.25. The van der Waals surface area contributed by atoms with Crippen molar-refractivity contribution in [2.75, 3.05) is 4.72 Å². The van der Waals surface area contributed by atoms with Gasteiger partial charge in [0.1, 0.15) is 5.69 Å². The molecule has 33 heavy (non-hydrogen) atoms. The van der Waals surface area contributed by atoms with Crippen LogP contribution in [0.5, 0.6) is 0 Å². The Morgan fingerprint density at radius 1 is 0.909 bits per heavy atom. The molecule has 5 aromatic rings. The quantitative estimate of drug-likeness (QED) is 0.301. The van der Waals surface area contributed by atoms with Crippen LogP contribution < -0.4 is 10.3 Å². The lowest BCUT2D eigenvalue weighted by molar-refractivity contribution is 0.601. The van der Waals surface area contributed by atoms with E-state index >= 15 is 0 Å². The first-order chi connectivity index (χ1) is 15.8. The lowest BCUT2D eigenvalue weighted by atomic mass is 10.1. The molecule has 0 aliphatic carbocycles. The van der Waals surface area contributed by atoms with Crippen molar-refractivity contribution in [2.45, 2.75) is 11.8 Å². The number of halogens is 1. The molecule has 2 N–H and O–H groups in total. The van der Waals surface area contributed by atoms with Crippen molar-refractivity contribution < 1.29 is 8.42 Å². The summed E-state index contributed by atoms with van der Waals surface area (Å²) in [6.07, 6.45) is 0. The molecule has 5 rings (SSSR count). The number of aromatic nitrogens is 2. The van der Waals surface area contributed by atoms with E-state index in [4.69, 9.17) is 0 Å². The lowest BCUT2D eigenvalue weighted by Gasteiger charge is -2.13. The average Bonchev–Trinajstić information content (AvgIpc) is 2.79. The molecule has 0 saturated carbocycles. The SMILES string of the molecule is Cc1ccc(S(=O)(=O)Nc2ccc(Br)cc2-c2nc3cc4ccccc4cc3[nH]c2=O)cc1. The van der Waals surface area contributed by atoms with E-state index in [9.17, 15) is 13.2 Å². The largest absolute Gasteiger partial charge is 0.319 e. The van der Waals surface area contributed by atoms with Crippen molar-refractivity contribution in [3.05, 3.63) is 99.3 Å². The maximum Gasteiger partial charge on any atom is 0.275 e. The predicted octanol–water partition coefficient (Wildman–Crippen LogP) is 5.62. The number of aryl methyl sites for hydroxylation is 1. The van der Waals surface area contributed by atoms with Gasteiger partial charge in [-0.3, -0.25) is 9.52 Å². The minimum absolute atomic E-state index is 0.126. The molecule has 164 valence electrons. The van der Waals surface area contributed by atoms with Crippen molar-refractivity contribution >= 4 is 53.4 Å². The summed E-state index contributed by atoms with van der Waals surface area (Å²) in [5.74, 6) is 0. The molecule has 0 saturated heterocycles.